The van der Waals surface area contributed by atoms with Crippen LogP contribution in [0.2, 0.25) is 0 Å². The fourth-order valence-electron chi connectivity index (χ4n) is 4.72. The van der Waals surface area contributed by atoms with Gasteiger partial charge in [0.15, 0.2) is 0 Å². The number of likely N-dealkylation sites (tertiary alicyclic amines) is 1. The van der Waals surface area contributed by atoms with Crippen molar-refractivity contribution in [2.24, 2.45) is 5.92 Å². The van der Waals surface area contributed by atoms with Gasteiger partial charge in [0.05, 0.1) is 25.4 Å². The minimum Gasteiger partial charge on any atom is -0.494 e. The number of carbonyl (C=O) groups is 2. The quantitative estimate of drug-likeness (QED) is 0.578. The molecule has 1 aromatic carbocycles. The van der Waals surface area contributed by atoms with Gasteiger partial charge in [0, 0.05) is 39.3 Å². The summed E-state index contributed by atoms with van der Waals surface area (Å²) in [4.78, 5) is 32.9. The van der Waals surface area contributed by atoms with Crippen molar-refractivity contribution in [3.63, 3.8) is 0 Å². The Bertz CT molecular complexity index is 845. The van der Waals surface area contributed by atoms with E-state index in [0.717, 1.165) is 56.8 Å². The van der Waals surface area contributed by atoms with E-state index in [1.54, 1.807) is 0 Å². The summed E-state index contributed by atoms with van der Waals surface area (Å²) in [6.07, 6.45) is 3.14. The lowest BCUT2D eigenvalue weighted by molar-refractivity contribution is -0.138. The maximum Gasteiger partial charge on any atom is 0.277 e. The Labute approximate surface area is 190 Å². The molecule has 32 heavy (non-hydrogen) atoms. The van der Waals surface area contributed by atoms with Crippen LogP contribution in [0.1, 0.15) is 38.7 Å². The third-order valence-electron chi connectivity index (χ3n) is 6.48. The Hall–Kier alpha value is -2.38. The van der Waals surface area contributed by atoms with Crippen LogP contribution in [0.25, 0.3) is 5.57 Å². The Morgan fingerprint density at radius 2 is 1.78 bits per heavy atom. The van der Waals surface area contributed by atoms with Crippen LogP contribution in [0, 0.1) is 5.92 Å². The van der Waals surface area contributed by atoms with E-state index in [1.807, 2.05) is 24.3 Å². The lowest BCUT2D eigenvalue weighted by Gasteiger charge is -2.33. The van der Waals surface area contributed by atoms with Crippen LogP contribution in [0.5, 0.6) is 5.75 Å². The summed E-state index contributed by atoms with van der Waals surface area (Å²) >= 11 is 0. The number of imide groups is 1. The minimum absolute atomic E-state index is 0.154. The van der Waals surface area contributed by atoms with E-state index in [9.17, 15) is 9.59 Å². The molecule has 3 heterocycles. The summed E-state index contributed by atoms with van der Waals surface area (Å²) in [5.41, 5.74) is 1.90. The van der Waals surface area contributed by atoms with Crippen LogP contribution in [0.3, 0.4) is 0 Å². The summed E-state index contributed by atoms with van der Waals surface area (Å²) in [5.74, 6) is 0.954. The van der Waals surface area contributed by atoms with Crippen LogP contribution in [0.4, 0.5) is 0 Å². The van der Waals surface area contributed by atoms with Crippen LogP contribution in [-0.2, 0) is 14.3 Å². The molecule has 0 aromatic heterocycles. The number of hydrogen-bond donors (Lipinski definition) is 0. The molecular weight excluding hydrogens is 406 g/mol. The highest BCUT2D eigenvalue weighted by molar-refractivity contribution is 6.35. The SMILES string of the molecule is CCCOc1ccc(C2=C(N3CCCC(C)C3)C(=O)N(CCN3CCOCC3)C2=O)cc1. The van der Waals surface area contributed by atoms with Gasteiger partial charge in [-0.15, -0.1) is 0 Å². The lowest BCUT2D eigenvalue weighted by atomic mass is 9.97. The molecule has 0 spiro atoms. The highest BCUT2D eigenvalue weighted by Gasteiger charge is 2.42. The second-order valence-electron chi connectivity index (χ2n) is 9.01. The van der Waals surface area contributed by atoms with Gasteiger partial charge in [-0.1, -0.05) is 26.0 Å². The maximum absolute atomic E-state index is 13.5. The number of benzene rings is 1. The van der Waals surface area contributed by atoms with Gasteiger partial charge in [0.1, 0.15) is 11.4 Å². The smallest absolute Gasteiger partial charge is 0.277 e. The number of rotatable bonds is 8. The second-order valence-corrected chi connectivity index (χ2v) is 9.01. The van der Waals surface area contributed by atoms with E-state index in [1.165, 1.54) is 4.90 Å². The molecule has 2 fully saturated rings. The number of morpholine rings is 1. The third kappa shape index (κ3) is 4.99. The average molecular weight is 442 g/mol. The molecule has 0 saturated carbocycles. The highest BCUT2D eigenvalue weighted by Crippen LogP contribution is 2.34. The number of piperidine rings is 1. The highest BCUT2D eigenvalue weighted by atomic mass is 16.5. The predicted molar refractivity (Wildman–Crippen MR) is 123 cm³/mol. The maximum atomic E-state index is 13.5. The van der Waals surface area contributed by atoms with Crippen LogP contribution in [-0.4, -0.2) is 85.6 Å². The molecule has 174 valence electrons. The number of ether oxygens (including phenoxy) is 2. The summed E-state index contributed by atoms with van der Waals surface area (Å²) < 4.78 is 11.1. The molecule has 1 atom stereocenters. The molecule has 0 radical (unpaired) electrons. The molecule has 2 amide bonds. The van der Waals surface area contributed by atoms with Gasteiger partial charge in [-0.2, -0.15) is 0 Å². The van der Waals surface area contributed by atoms with Crippen LogP contribution < -0.4 is 4.74 Å². The van der Waals surface area contributed by atoms with Crippen molar-refractivity contribution < 1.29 is 19.1 Å². The zero-order valence-electron chi connectivity index (χ0n) is 19.3. The number of amides is 2. The number of carbonyl (C=O) groups excluding carboxylic acids is 2. The molecule has 3 aliphatic rings. The first-order valence-electron chi connectivity index (χ1n) is 12.0. The lowest BCUT2D eigenvalue weighted by Crippen LogP contribution is -2.44. The summed E-state index contributed by atoms with van der Waals surface area (Å²) in [5, 5.41) is 0. The fraction of sp³-hybridized carbons (Fsp3) is 0.600. The van der Waals surface area contributed by atoms with Crippen molar-refractivity contribution in [3.8, 4) is 5.75 Å². The third-order valence-corrected chi connectivity index (χ3v) is 6.48. The Morgan fingerprint density at radius 3 is 2.47 bits per heavy atom. The molecule has 7 heteroatoms. The van der Waals surface area contributed by atoms with E-state index in [-0.39, 0.29) is 11.8 Å². The van der Waals surface area contributed by atoms with Crippen molar-refractivity contribution >= 4 is 17.4 Å². The first-order chi connectivity index (χ1) is 15.6. The van der Waals surface area contributed by atoms with E-state index in [0.29, 0.717) is 50.1 Å². The van der Waals surface area contributed by atoms with Gasteiger partial charge < -0.3 is 14.4 Å². The van der Waals surface area contributed by atoms with Crippen molar-refractivity contribution in [3.05, 3.63) is 35.5 Å². The molecule has 4 rings (SSSR count). The first-order valence-corrected chi connectivity index (χ1v) is 12.0. The molecule has 1 aromatic rings. The topological polar surface area (TPSA) is 62.3 Å². The Morgan fingerprint density at radius 1 is 1.03 bits per heavy atom. The minimum atomic E-state index is -0.182. The van der Waals surface area contributed by atoms with Crippen molar-refractivity contribution in [1.82, 2.24) is 14.7 Å². The molecule has 1 unspecified atom stereocenters. The number of nitrogens with zero attached hydrogens (tertiary/aromatic N) is 3. The van der Waals surface area contributed by atoms with Gasteiger partial charge >= 0.3 is 0 Å². The van der Waals surface area contributed by atoms with E-state index in [4.69, 9.17) is 9.47 Å². The number of hydrogen-bond acceptors (Lipinski definition) is 6. The second kappa shape index (κ2) is 10.5. The van der Waals surface area contributed by atoms with Crippen molar-refractivity contribution in [2.75, 3.05) is 59.1 Å². The molecule has 2 saturated heterocycles. The van der Waals surface area contributed by atoms with E-state index >= 15 is 0 Å². The fourth-order valence-corrected chi connectivity index (χ4v) is 4.72. The molecule has 3 aliphatic heterocycles. The predicted octanol–water partition coefficient (Wildman–Crippen LogP) is 2.62. The van der Waals surface area contributed by atoms with Gasteiger partial charge in [-0.05, 0) is 42.9 Å². The van der Waals surface area contributed by atoms with E-state index < -0.39 is 0 Å². The van der Waals surface area contributed by atoms with Crippen molar-refractivity contribution in [1.29, 1.82) is 0 Å². The monoisotopic (exact) mass is 441 g/mol. The van der Waals surface area contributed by atoms with Crippen molar-refractivity contribution in [2.45, 2.75) is 33.1 Å². The Balaban J connectivity index is 1.58. The molecule has 7 nitrogen and oxygen atoms in total. The van der Waals surface area contributed by atoms with E-state index in [2.05, 4.69) is 23.6 Å². The normalized spacial score (nSPS) is 22.8. The van der Waals surface area contributed by atoms with Gasteiger partial charge in [0.2, 0.25) is 0 Å². The Kier molecular flexibility index (Phi) is 7.48. The summed E-state index contributed by atoms with van der Waals surface area (Å²) in [7, 11) is 0. The summed E-state index contributed by atoms with van der Waals surface area (Å²) in [6, 6.07) is 7.60. The van der Waals surface area contributed by atoms with Gasteiger partial charge in [-0.25, -0.2) is 0 Å². The largest absolute Gasteiger partial charge is 0.494 e. The standard InChI is InChI=1S/C25H35N3O4/c1-3-15-32-21-8-6-20(7-9-21)22-23(27-10-4-5-19(2)18-27)25(30)28(24(22)29)12-11-26-13-16-31-17-14-26/h6-9,19H,3-5,10-18H2,1-2H3. The van der Waals surface area contributed by atoms with Gasteiger partial charge in [0.25, 0.3) is 11.8 Å². The van der Waals surface area contributed by atoms with Crippen LogP contribution >= 0.6 is 0 Å². The van der Waals surface area contributed by atoms with Crippen LogP contribution in [0.15, 0.2) is 30.0 Å². The summed E-state index contributed by atoms with van der Waals surface area (Å²) in [6.45, 7) is 10.7. The molecule has 0 N–H and O–H groups in total. The zero-order valence-corrected chi connectivity index (χ0v) is 19.3. The molecular formula is C25H35N3O4. The van der Waals surface area contributed by atoms with Gasteiger partial charge in [-0.3, -0.25) is 19.4 Å². The molecule has 0 aliphatic carbocycles. The average Bonchev–Trinajstić information content (AvgIpc) is 3.07. The zero-order chi connectivity index (χ0) is 22.5. The molecule has 0 bridgehead atoms. The first kappa shape index (κ1) is 22.8.